The zero-order valence-corrected chi connectivity index (χ0v) is 14.5. The van der Waals surface area contributed by atoms with E-state index in [1.165, 1.54) is 0 Å². The Kier molecular flexibility index (Phi) is 4.42. The Morgan fingerprint density at radius 1 is 1.16 bits per heavy atom. The third-order valence-electron chi connectivity index (χ3n) is 5.35. The summed E-state index contributed by atoms with van der Waals surface area (Å²) in [6, 6.07) is 1.92. The van der Waals surface area contributed by atoms with Gasteiger partial charge in [0.15, 0.2) is 5.82 Å². The van der Waals surface area contributed by atoms with E-state index in [4.69, 9.17) is 0 Å². The molecule has 2 aliphatic heterocycles. The molecule has 0 N–H and O–H groups in total. The van der Waals surface area contributed by atoms with Crippen molar-refractivity contribution in [3.8, 4) is 0 Å². The molecular weight excluding hydrogens is 318 g/mol. The fourth-order valence-corrected chi connectivity index (χ4v) is 3.83. The fourth-order valence-electron chi connectivity index (χ4n) is 3.83. The first-order chi connectivity index (χ1) is 12.2. The van der Waals surface area contributed by atoms with Gasteiger partial charge in [0.05, 0.1) is 0 Å². The maximum Gasteiger partial charge on any atom is 0.225 e. The number of aromatic nitrogens is 6. The minimum Gasteiger partial charge on any atom is -0.342 e. The van der Waals surface area contributed by atoms with Crippen molar-refractivity contribution in [3.05, 3.63) is 29.6 Å². The molecule has 4 rings (SSSR count). The Labute approximate surface area is 146 Å². The average molecular weight is 341 g/mol. The number of tetrazole rings is 1. The molecule has 0 saturated carbocycles. The van der Waals surface area contributed by atoms with Gasteiger partial charge in [0.1, 0.15) is 5.82 Å². The number of carbonyl (C=O) groups excluding carboxylic acids is 1. The van der Waals surface area contributed by atoms with Gasteiger partial charge in [-0.2, -0.15) is 0 Å². The third-order valence-corrected chi connectivity index (χ3v) is 5.35. The lowest BCUT2D eigenvalue weighted by atomic mass is 9.93. The van der Waals surface area contributed by atoms with Gasteiger partial charge < -0.3 is 4.90 Å². The second-order valence-corrected chi connectivity index (χ2v) is 7.00. The average Bonchev–Trinajstić information content (AvgIpc) is 3.00. The van der Waals surface area contributed by atoms with Gasteiger partial charge in [0, 0.05) is 49.8 Å². The number of likely N-dealkylation sites (tertiary alicyclic amines) is 1. The Morgan fingerprint density at radius 2 is 2.00 bits per heavy atom. The largest absolute Gasteiger partial charge is 0.342 e. The number of aryl methyl sites for hydroxylation is 3. The number of fused-ring (bicyclic) bond motifs is 1. The van der Waals surface area contributed by atoms with Crippen LogP contribution in [0.25, 0.3) is 0 Å². The van der Waals surface area contributed by atoms with Crippen molar-refractivity contribution < 1.29 is 4.79 Å². The molecule has 8 nitrogen and oxygen atoms in total. The molecule has 2 aromatic heterocycles. The van der Waals surface area contributed by atoms with Crippen molar-refractivity contribution in [2.75, 3.05) is 13.1 Å². The third kappa shape index (κ3) is 3.38. The molecule has 1 amide bonds. The maximum atomic E-state index is 12.9. The van der Waals surface area contributed by atoms with Crippen LogP contribution in [0, 0.1) is 12.8 Å². The van der Waals surface area contributed by atoms with Crippen LogP contribution in [0.1, 0.15) is 48.9 Å². The molecule has 2 aromatic rings. The molecule has 4 heterocycles. The van der Waals surface area contributed by atoms with E-state index in [2.05, 4.69) is 25.5 Å². The molecule has 0 radical (unpaired) electrons. The summed E-state index contributed by atoms with van der Waals surface area (Å²) >= 11 is 0. The summed E-state index contributed by atoms with van der Waals surface area (Å²) in [5.74, 6) is 2.52. The van der Waals surface area contributed by atoms with Gasteiger partial charge in [-0.1, -0.05) is 0 Å². The molecule has 8 heteroatoms. The maximum absolute atomic E-state index is 12.9. The molecule has 25 heavy (non-hydrogen) atoms. The van der Waals surface area contributed by atoms with E-state index < -0.39 is 0 Å². The van der Waals surface area contributed by atoms with Crippen molar-refractivity contribution in [3.63, 3.8) is 0 Å². The van der Waals surface area contributed by atoms with Crippen LogP contribution in [0.4, 0.5) is 0 Å². The second kappa shape index (κ2) is 6.85. The van der Waals surface area contributed by atoms with E-state index in [1.807, 2.05) is 28.8 Å². The highest BCUT2D eigenvalue weighted by atomic mass is 16.2. The standard InChI is InChI=1S/C17H23N7O/c1-12-4-8-18-16(19-12)13-5-9-23(10-6-13)17(25)14-2-3-15-20-21-22-24(15)11-7-14/h4,8,13-14H,2-3,5-7,9-11H2,1H3. The number of carbonyl (C=O) groups is 1. The zero-order chi connectivity index (χ0) is 17.2. The molecule has 132 valence electrons. The van der Waals surface area contributed by atoms with Crippen LogP contribution in [-0.2, 0) is 17.8 Å². The SMILES string of the molecule is Cc1ccnc(C2CCN(C(=O)C3CCc4nnnn4CC3)CC2)n1. The van der Waals surface area contributed by atoms with E-state index in [1.54, 1.807) is 0 Å². The smallest absolute Gasteiger partial charge is 0.225 e. The highest BCUT2D eigenvalue weighted by molar-refractivity contribution is 5.79. The van der Waals surface area contributed by atoms with Crippen molar-refractivity contribution in [1.29, 1.82) is 0 Å². The topological polar surface area (TPSA) is 89.7 Å². The first kappa shape index (κ1) is 16.1. The minimum atomic E-state index is 0.0651. The summed E-state index contributed by atoms with van der Waals surface area (Å²) in [5.41, 5.74) is 1.00. The Morgan fingerprint density at radius 3 is 2.80 bits per heavy atom. The molecule has 1 atom stereocenters. The molecule has 1 fully saturated rings. The minimum absolute atomic E-state index is 0.0651. The summed E-state index contributed by atoms with van der Waals surface area (Å²) in [6.45, 7) is 4.31. The van der Waals surface area contributed by atoms with Gasteiger partial charge in [-0.05, 0) is 49.1 Å². The van der Waals surface area contributed by atoms with Crippen LogP contribution in [0.15, 0.2) is 12.3 Å². The van der Waals surface area contributed by atoms with Crippen LogP contribution < -0.4 is 0 Å². The summed E-state index contributed by atoms with van der Waals surface area (Å²) in [5, 5.41) is 11.7. The lowest BCUT2D eigenvalue weighted by molar-refractivity contribution is -0.137. The van der Waals surface area contributed by atoms with Crippen LogP contribution in [0.5, 0.6) is 0 Å². The number of amides is 1. The van der Waals surface area contributed by atoms with Crippen LogP contribution >= 0.6 is 0 Å². The van der Waals surface area contributed by atoms with Crippen molar-refractivity contribution >= 4 is 5.91 Å². The van der Waals surface area contributed by atoms with Crippen molar-refractivity contribution in [2.24, 2.45) is 5.92 Å². The first-order valence-corrected chi connectivity index (χ1v) is 9.04. The van der Waals surface area contributed by atoms with Gasteiger partial charge in [-0.3, -0.25) is 4.79 Å². The van der Waals surface area contributed by atoms with Crippen LogP contribution in [-0.4, -0.2) is 54.1 Å². The van der Waals surface area contributed by atoms with Gasteiger partial charge in [-0.15, -0.1) is 5.10 Å². The number of piperidine rings is 1. The van der Waals surface area contributed by atoms with Crippen molar-refractivity contribution in [2.45, 2.75) is 51.5 Å². The summed E-state index contributed by atoms with van der Waals surface area (Å²) in [7, 11) is 0. The molecule has 0 aromatic carbocycles. The zero-order valence-electron chi connectivity index (χ0n) is 14.5. The molecule has 1 saturated heterocycles. The summed E-state index contributed by atoms with van der Waals surface area (Å²) in [6.07, 6.45) is 6.13. The highest BCUT2D eigenvalue weighted by Gasteiger charge is 2.31. The fraction of sp³-hybridized carbons (Fsp3) is 0.647. The Hall–Kier alpha value is -2.38. The number of hydrogen-bond acceptors (Lipinski definition) is 6. The molecule has 0 bridgehead atoms. The number of nitrogens with zero attached hydrogens (tertiary/aromatic N) is 7. The quantitative estimate of drug-likeness (QED) is 0.813. The molecule has 0 aliphatic carbocycles. The van der Waals surface area contributed by atoms with E-state index in [-0.39, 0.29) is 11.8 Å². The number of rotatable bonds is 2. The molecular formula is C17H23N7O. The Balaban J connectivity index is 1.34. The van der Waals surface area contributed by atoms with E-state index in [0.717, 1.165) is 69.1 Å². The van der Waals surface area contributed by atoms with Gasteiger partial charge >= 0.3 is 0 Å². The molecule has 0 spiro atoms. The van der Waals surface area contributed by atoms with Crippen LogP contribution in [0.2, 0.25) is 0 Å². The lowest BCUT2D eigenvalue weighted by Gasteiger charge is -2.33. The second-order valence-electron chi connectivity index (χ2n) is 7.00. The molecule has 1 unspecified atom stereocenters. The van der Waals surface area contributed by atoms with Crippen molar-refractivity contribution in [1.82, 2.24) is 35.1 Å². The highest BCUT2D eigenvalue weighted by Crippen LogP contribution is 2.28. The number of hydrogen-bond donors (Lipinski definition) is 0. The van der Waals surface area contributed by atoms with E-state index >= 15 is 0 Å². The predicted molar refractivity (Wildman–Crippen MR) is 89.6 cm³/mol. The lowest BCUT2D eigenvalue weighted by Crippen LogP contribution is -2.41. The van der Waals surface area contributed by atoms with Gasteiger partial charge in [-0.25, -0.2) is 14.6 Å². The van der Waals surface area contributed by atoms with E-state index in [0.29, 0.717) is 5.92 Å². The molecule has 2 aliphatic rings. The first-order valence-electron chi connectivity index (χ1n) is 9.04. The Bertz CT molecular complexity index is 728. The summed E-state index contributed by atoms with van der Waals surface area (Å²) in [4.78, 5) is 23.9. The van der Waals surface area contributed by atoms with Gasteiger partial charge in [0.25, 0.3) is 0 Å². The van der Waals surface area contributed by atoms with E-state index in [9.17, 15) is 4.79 Å². The monoisotopic (exact) mass is 341 g/mol. The normalized spacial score (nSPS) is 21.6. The summed E-state index contributed by atoms with van der Waals surface area (Å²) < 4.78 is 1.83. The van der Waals surface area contributed by atoms with Gasteiger partial charge in [0.2, 0.25) is 5.91 Å². The van der Waals surface area contributed by atoms with Crippen LogP contribution in [0.3, 0.4) is 0 Å². The predicted octanol–water partition coefficient (Wildman–Crippen LogP) is 1.13.